The Morgan fingerprint density at radius 2 is 1.84 bits per heavy atom. The van der Waals surface area contributed by atoms with E-state index in [0.29, 0.717) is 12.5 Å². The molecule has 4 atom stereocenters. The molecule has 0 aromatic heterocycles. The smallest absolute Gasteiger partial charge is 0.214 e. The van der Waals surface area contributed by atoms with E-state index in [0.717, 1.165) is 30.3 Å². The molecule has 1 heterocycles. The van der Waals surface area contributed by atoms with E-state index in [4.69, 9.17) is 9.47 Å². The zero-order valence-corrected chi connectivity index (χ0v) is 17.6. The van der Waals surface area contributed by atoms with E-state index in [1.54, 1.807) is 14.1 Å². The van der Waals surface area contributed by atoms with Crippen LogP contribution in [-0.2, 0) is 19.5 Å². The summed E-state index contributed by atoms with van der Waals surface area (Å²) in [5.74, 6) is -0.191. The Morgan fingerprint density at radius 3 is 2.36 bits per heavy atom. The van der Waals surface area contributed by atoms with E-state index in [9.17, 15) is 8.42 Å². The van der Waals surface area contributed by atoms with Crippen molar-refractivity contribution in [3.05, 3.63) is 0 Å². The lowest BCUT2D eigenvalue weighted by molar-refractivity contribution is -0.873. The van der Waals surface area contributed by atoms with Crippen LogP contribution in [0.1, 0.15) is 33.1 Å². The summed E-state index contributed by atoms with van der Waals surface area (Å²) in [4.78, 5) is 0. The maximum Gasteiger partial charge on any atom is 0.214 e. The van der Waals surface area contributed by atoms with Crippen LogP contribution in [-0.4, -0.2) is 83.2 Å². The standard InChI is InChI=1S/C18H35N2O4S/c1-16(2)14-8-9-17(16,13-25(21,22)19(3)4)18(10-14)23-12-15(24-18)11-20(5,6)7/h14-15H,8-13H2,1-7H3/q+1/t14-,15-,17+,18+/m0/s1. The predicted molar refractivity (Wildman–Crippen MR) is 97.5 cm³/mol. The molecule has 7 heteroatoms. The van der Waals surface area contributed by atoms with Crippen LogP contribution >= 0.6 is 0 Å². The van der Waals surface area contributed by atoms with Gasteiger partial charge in [0.2, 0.25) is 10.0 Å². The minimum absolute atomic E-state index is 0.0223. The van der Waals surface area contributed by atoms with Gasteiger partial charge in [-0.15, -0.1) is 0 Å². The lowest BCUT2D eigenvalue weighted by Gasteiger charge is -2.47. The highest BCUT2D eigenvalue weighted by Crippen LogP contribution is 2.72. The number of hydrogen-bond acceptors (Lipinski definition) is 4. The van der Waals surface area contributed by atoms with Crippen molar-refractivity contribution in [1.29, 1.82) is 0 Å². The first-order valence-electron chi connectivity index (χ1n) is 9.27. The maximum absolute atomic E-state index is 12.8. The number of quaternary nitrogens is 1. The summed E-state index contributed by atoms with van der Waals surface area (Å²) >= 11 is 0. The van der Waals surface area contributed by atoms with Gasteiger partial charge in [-0.25, -0.2) is 12.7 Å². The van der Waals surface area contributed by atoms with Crippen molar-refractivity contribution in [1.82, 2.24) is 4.31 Å². The maximum atomic E-state index is 12.8. The van der Waals surface area contributed by atoms with Crippen molar-refractivity contribution < 1.29 is 22.4 Å². The molecule has 0 N–H and O–H groups in total. The highest BCUT2D eigenvalue weighted by molar-refractivity contribution is 7.89. The third-order valence-electron chi connectivity index (χ3n) is 7.01. The van der Waals surface area contributed by atoms with Gasteiger partial charge in [-0.05, 0) is 24.2 Å². The first kappa shape index (κ1) is 19.5. The molecule has 2 bridgehead atoms. The van der Waals surface area contributed by atoms with Gasteiger partial charge in [-0.2, -0.15) is 0 Å². The van der Waals surface area contributed by atoms with Crippen LogP contribution in [0.25, 0.3) is 0 Å². The predicted octanol–water partition coefficient (Wildman–Crippen LogP) is 1.52. The number of fused-ring (bicyclic) bond motifs is 3. The van der Waals surface area contributed by atoms with Crippen LogP contribution in [0.5, 0.6) is 0 Å². The number of hydrogen-bond donors (Lipinski definition) is 0. The number of rotatable bonds is 5. The molecule has 146 valence electrons. The molecular formula is C18H35N2O4S+. The molecular weight excluding hydrogens is 340 g/mol. The van der Waals surface area contributed by atoms with Crippen LogP contribution in [0.15, 0.2) is 0 Å². The number of nitrogens with zero attached hydrogens (tertiary/aromatic N) is 2. The SMILES string of the molecule is CN(C)S(=O)(=O)C[C@@]12CC[C@@H](C[C@]13OC[C@H](C[N+](C)(C)C)O3)C2(C)C. The molecule has 3 rings (SSSR count). The van der Waals surface area contributed by atoms with E-state index >= 15 is 0 Å². The first-order chi connectivity index (χ1) is 11.2. The summed E-state index contributed by atoms with van der Waals surface area (Å²) in [6, 6.07) is 0. The van der Waals surface area contributed by atoms with Crippen LogP contribution < -0.4 is 0 Å². The van der Waals surface area contributed by atoms with Gasteiger partial charge in [0.25, 0.3) is 0 Å². The second kappa shape index (κ2) is 5.64. The minimum Gasteiger partial charge on any atom is -0.346 e. The lowest BCUT2D eigenvalue weighted by Crippen LogP contribution is -2.56. The zero-order chi connectivity index (χ0) is 18.9. The molecule has 25 heavy (non-hydrogen) atoms. The Balaban J connectivity index is 1.95. The Labute approximate surface area is 153 Å². The summed E-state index contributed by atoms with van der Waals surface area (Å²) < 4.78 is 40.7. The zero-order valence-electron chi connectivity index (χ0n) is 16.8. The van der Waals surface area contributed by atoms with E-state index in [1.165, 1.54) is 4.31 Å². The van der Waals surface area contributed by atoms with Crippen molar-refractivity contribution in [2.45, 2.75) is 45.0 Å². The molecule has 1 saturated heterocycles. The largest absolute Gasteiger partial charge is 0.346 e. The van der Waals surface area contributed by atoms with Crippen molar-refractivity contribution in [3.8, 4) is 0 Å². The average molecular weight is 376 g/mol. The van der Waals surface area contributed by atoms with Gasteiger partial charge in [0.05, 0.1) is 33.5 Å². The molecule has 6 nitrogen and oxygen atoms in total. The van der Waals surface area contributed by atoms with Crippen LogP contribution in [0.4, 0.5) is 0 Å². The van der Waals surface area contributed by atoms with Crippen molar-refractivity contribution >= 4 is 10.0 Å². The third kappa shape index (κ3) is 2.87. The van der Waals surface area contributed by atoms with Gasteiger partial charge in [-0.1, -0.05) is 13.8 Å². The van der Waals surface area contributed by atoms with E-state index < -0.39 is 21.2 Å². The molecule has 1 aliphatic heterocycles. The fraction of sp³-hybridized carbons (Fsp3) is 1.00. The summed E-state index contributed by atoms with van der Waals surface area (Å²) in [5, 5.41) is 0. The normalized spacial score (nSPS) is 40.5. The first-order valence-corrected chi connectivity index (χ1v) is 10.9. The van der Waals surface area contributed by atoms with E-state index in [2.05, 4.69) is 35.0 Å². The molecule has 0 aromatic rings. The van der Waals surface area contributed by atoms with Crippen molar-refractivity contribution in [3.63, 3.8) is 0 Å². The monoisotopic (exact) mass is 375 g/mol. The lowest BCUT2D eigenvalue weighted by atomic mass is 9.68. The molecule has 3 aliphatic rings. The van der Waals surface area contributed by atoms with E-state index in [1.807, 2.05) is 0 Å². The molecule has 0 radical (unpaired) electrons. The Morgan fingerprint density at radius 1 is 1.20 bits per heavy atom. The van der Waals surface area contributed by atoms with Gasteiger partial charge in [-0.3, -0.25) is 0 Å². The Kier molecular flexibility index (Phi) is 4.41. The number of sulfonamides is 1. The quantitative estimate of drug-likeness (QED) is 0.684. The summed E-state index contributed by atoms with van der Waals surface area (Å²) in [7, 11) is 6.32. The van der Waals surface area contributed by atoms with Gasteiger partial charge < -0.3 is 14.0 Å². The Bertz CT molecular complexity index is 640. The van der Waals surface area contributed by atoms with Gasteiger partial charge in [0.15, 0.2) is 5.79 Å². The highest BCUT2D eigenvalue weighted by atomic mass is 32.2. The van der Waals surface area contributed by atoms with Gasteiger partial charge >= 0.3 is 0 Å². The van der Waals surface area contributed by atoms with Gasteiger partial charge in [0, 0.05) is 25.9 Å². The van der Waals surface area contributed by atoms with Crippen molar-refractivity contribution in [2.75, 3.05) is 54.1 Å². The summed E-state index contributed by atoms with van der Waals surface area (Å²) in [6.07, 6.45) is 2.75. The van der Waals surface area contributed by atoms with Crippen LogP contribution in [0.3, 0.4) is 0 Å². The average Bonchev–Trinajstić information content (AvgIpc) is 2.96. The second-order valence-electron chi connectivity index (χ2n) is 10.1. The molecule has 0 unspecified atom stereocenters. The topological polar surface area (TPSA) is 55.8 Å². The van der Waals surface area contributed by atoms with Crippen LogP contribution in [0, 0.1) is 16.7 Å². The molecule has 0 amide bonds. The highest BCUT2D eigenvalue weighted by Gasteiger charge is 2.75. The fourth-order valence-electron chi connectivity index (χ4n) is 5.48. The molecule has 2 aliphatic carbocycles. The summed E-state index contributed by atoms with van der Waals surface area (Å²) in [5.41, 5.74) is -0.588. The molecule has 1 spiro atoms. The molecule has 0 aromatic carbocycles. The fourth-order valence-corrected chi connectivity index (χ4v) is 7.10. The molecule has 2 saturated carbocycles. The molecule has 3 fully saturated rings. The third-order valence-corrected chi connectivity index (χ3v) is 8.98. The number of ether oxygens (including phenoxy) is 2. The second-order valence-corrected chi connectivity index (χ2v) is 12.2. The van der Waals surface area contributed by atoms with Crippen LogP contribution in [0.2, 0.25) is 0 Å². The minimum atomic E-state index is -3.34. The number of likely N-dealkylation sites (N-methyl/N-ethyl adjacent to an activating group) is 1. The van der Waals surface area contributed by atoms with Crippen molar-refractivity contribution in [2.24, 2.45) is 16.7 Å². The van der Waals surface area contributed by atoms with Gasteiger partial charge in [0.1, 0.15) is 12.6 Å². The summed E-state index contributed by atoms with van der Waals surface area (Å²) in [6.45, 7) is 5.85. The Hall–Kier alpha value is -0.210. The van der Waals surface area contributed by atoms with E-state index in [-0.39, 0.29) is 17.3 Å².